The van der Waals surface area contributed by atoms with Crippen molar-refractivity contribution in [2.45, 2.75) is 26.3 Å². The van der Waals surface area contributed by atoms with Gasteiger partial charge in [0, 0.05) is 36.1 Å². The molecule has 3 rings (SSSR count). The Morgan fingerprint density at radius 1 is 1.16 bits per heavy atom. The lowest BCUT2D eigenvalue weighted by Gasteiger charge is -2.17. The predicted molar refractivity (Wildman–Crippen MR) is 97.2 cm³/mol. The van der Waals surface area contributed by atoms with Crippen LogP contribution >= 0.6 is 0 Å². The van der Waals surface area contributed by atoms with Crippen LogP contribution in [-0.4, -0.2) is 27.8 Å². The number of nitrogens with zero attached hydrogens (tertiary/aromatic N) is 1. The minimum atomic E-state index is -0.681. The van der Waals surface area contributed by atoms with Crippen LogP contribution in [0.15, 0.2) is 48.7 Å². The highest BCUT2D eigenvalue weighted by atomic mass is 16.2. The standard InChI is InChI=1S/C19H20N4O2/c1-12-6-5-9-18(21-12)23-19(25)17(22-13(2)24)10-14-11-20-16-8-4-3-7-15(14)16/h3-9,11,17,20H,10H2,1-2H3,(H,22,24)(H,21,23,25). The van der Waals surface area contributed by atoms with Gasteiger partial charge in [-0.3, -0.25) is 9.59 Å². The first kappa shape index (κ1) is 16.7. The number of aromatic nitrogens is 2. The van der Waals surface area contributed by atoms with Crippen LogP contribution in [0.4, 0.5) is 5.82 Å². The van der Waals surface area contributed by atoms with E-state index in [2.05, 4.69) is 20.6 Å². The fourth-order valence-electron chi connectivity index (χ4n) is 2.80. The number of nitrogens with one attached hydrogen (secondary N) is 3. The first-order valence-corrected chi connectivity index (χ1v) is 8.09. The average molecular weight is 336 g/mol. The highest BCUT2D eigenvalue weighted by molar-refractivity contribution is 5.97. The molecule has 25 heavy (non-hydrogen) atoms. The molecule has 0 bridgehead atoms. The van der Waals surface area contributed by atoms with Gasteiger partial charge >= 0.3 is 0 Å². The molecule has 1 atom stereocenters. The van der Waals surface area contributed by atoms with Crippen LogP contribution in [-0.2, 0) is 16.0 Å². The number of amides is 2. The molecule has 2 heterocycles. The molecule has 3 N–H and O–H groups in total. The van der Waals surface area contributed by atoms with E-state index in [1.165, 1.54) is 6.92 Å². The van der Waals surface area contributed by atoms with Crippen LogP contribution < -0.4 is 10.6 Å². The van der Waals surface area contributed by atoms with Gasteiger partial charge in [0.1, 0.15) is 11.9 Å². The molecule has 6 heteroatoms. The number of H-pyrrole nitrogens is 1. The third-order valence-corrected chi connectivity index (χ3v) is 3.93. The van der Waals surface area contributed by atoms with E-state index in [0.717, 1.165) is 22.2 Å². The van der Waals surface area contributed by atoms with Crippen LogP contribution in [0.2, 0.25) is 0 Å². The Hall–Kier alpha value is -3.15. The Morgan fingerprint density at radius 3 is 2.72 bits per heavy atom. The van der Waals surface area contributed by atoms with Gasteiger partial charge in [-0.15, -0.1) is 0 Å². The van der Waals surface area contributed by atoms with Crippen molar-refractivity contribution >= 4 is 28.5 Å². The van der Waals surface area contributed by atoms with Crippen molar-refractivity contribution in [3.05, 3.63) is 59.9 Å². The highest BCUT2D eigenvalue weighted by Crippen LogP contribution is 2.19. The van der Waals surface area contributed by atoms with E-state index in [9.17, 15) is 9.59 Å². The summed E-state index contributed by atoms with van der Waals surface area (Å²) in [5.41, 5.74) is 2.78. The number of aromatic amines is 1. The van der Waals surface area contributed by atoms with Crippen molar-refractivity contribution in [2.75, 3.05) is 5.32 Å². The van der Waals surface area contributed by atoms with Gasteiger partial charge in [0.2, 0.25) is 11.8 Å². The molecule has 2 amide bonds. The van der Waals surface area contributed by atoms with Gasteiger partial charge < -0.3 is 15.6 Å². The third-order valence-electron chi connectivity index (χ3n) is 3.93. The highest BCUT2D eigenvalue weighted by Gasteiger charge is 2.22. The summed E-state index contributed by atoms with van der Waals surface area (Å²) in [7, 11) is 0. The largest absolute Gasteiger partial charge is 0.361 e. The Balaban J connectivity index is 1.81. The van der Waals surface area contributed by atoms with Gasteiger partial charge in [-0.25, -0.2) is 4.98 Å². The quantitative estimate of drug-likeness (QED) is 0.669. The maximum Gasteiger partial charge on any atom is 0.248 e. The molecular weight excluding hydrogens is 316 g/mol. The lowest BCUT2D eigenvalue weighted by Crippen LogP contribution is -2.44. The van der Waals surface area contributed by atoms with Crippen LogP contribution in [0.1, 0.15) is 18.2 Å². The monoisotopic (exact) mass is 336 g/mol. The lowest BCUT2D eigenvalue weighted by atomic mass is 10.0. The fourth-order valence-corrected chi connectivity index (χ4v) is 2.80. The van der Waals surface area contributed by atoms with Crippen LogP contribution in [0, 0.1) is 6.92 Å². The van der Waals surface area contributed by atoms with Crippen molar-refractivity contribution in [2.24, 2.45) is 0 Å². The second-order valence-electron chi connectivity index (χ2n) is 5.97. The summed E-state index contributed by atoms with van der Waals surface area (Å²) in [6.07, 6.45) is 2.26. The van der Waals surface area contributed by atoms with E-state index in [-0.39, 0.29) is 11.8 Å². The summed E-state index contributed by atoms with van der Waals surface area (Å²) in [6.45, 7) is 3.26. The molecule has 128 valence electrons. The molecule has 6 nitrogen and oxygen atoms in total. The number of rotatable bonds is 5. The van der Waals surface area contributed by atoms with Crippen LogP contribution in [0.25, 0.3) is 10.9 Å². The molecule has 0 saturated heterocycles. The van der Waals surface area contributed by atoms with Crippen molar-refractivity contribution in [1.82, 2.24) is 15.3 Å². The molecule has 0 radical (unpaired) electrons. The third kappa shape index (κ3) is 4.03. The molecule has 0 aliphatic rings. The minimum absolute atomic E-state index is 0.253. The Kier molecular flexibility index (Phi) is 4.79. The van der Waals surface area contributed by atoms with Crippen molar-refractivity contribution in [3.8, 4) is 0 Å². The van der Waals surface area contributed by atoms with Gasteiger partial charge in [-0.05, 0) is 30.7 Å². The maximum atomic E-state index is 12.6. The molecule has 0 spiro atoms. The zero-order chi connectivity index (χ0) is 17.8. The van der Waals surface area contributed by atoms with Crippen LogP contribution in [0.5, 0.6) is 0 Å². The molecule has 1 unspecified atom stereocenters. The number of pyridine rings is 1. The second kappa shape index (κ2) is 7.17. The average Bonchev–Trinajstić information content (AvgIpc) is 2.97. The molecule has 0 fully saturated rings. The summed E-state index contributed by atoms with van der Waals surface area (Å²) in [5, 5.41) is 6.54. The van der Waals surface area contributed by atoms with Gasteiger partial charge in [-0.1, -0.05) is 24.3 Å². The van der Waals surface area contributed by atoms with Crippen molar-refractivity contribution in [1.29, 1.82) is 0 Å². The molecule has 1 aromatic carbocycles. The number of benzene rings is 1. The van der Waals surface area contributed by atoms with Gasteiger partial charge in [0.05, 0.1) is 0 Å². The molecule has 2 aromatic heterocycles. The summed E-state index contributed by atoms with van der Waals surface area (Å²) in [4.78, 5) is 31.6. The Labute approximate surface area is 145 Å². The molecule has 0 saturated carbocycles. The number of hydrogen-bond acceptors (Lipinski definition) is 3. The lowest BCUT2D eigenvalue weighted by molar-refractivity contribution is -0.125. The van der Waals surface area contributed by atoms with E-state index < -0.39 is 6.04 Å². The number of para-hydroxylation sites is 1. The van der Waals surface area contributed by atoms with E-state index in [0.29, 0.717) is 12.2 Å². The van der Waals surface area contributed by atoms with E-state index in [1.807, 2.05) is 49.5 Å². The summed E-state index contributed by atoms with van der Waals surface area (Å²) < 4.78 is 0. The predicted octanol–water partition coefficient (Wildman–Crippen LogP) is 2.56. The maximum absolute atomic E-state index is 12.6. The van der Waals surface area contributed by atoms with E-state index in [4.69, 9.17) is 0 Å². The number of carbonyl (C=O) groups is 2. The number of hydrogen-bond donors (Lipinski definition) is 3. The normalized spacial score (nSPS) is 11.9. The van der Waals surface area contributed by atoms with Gasteiger partial charge in [-0.2, -0.15) is 0 Å². The number of fused-ring (bicyclic) bond motifs is 1. The molecule has 3 aromatic rings. The summed E-state index contributed by atoms with van der Waals surface area (Å²) in [5.74, 6) is -0.0740. The number of carbonyl (C=O) groups excluding carboxylic acids is 2. The summed E-state index contributed by atoms with van der Waals surface area (Å²) >= 11 is 0. The Bertz CT molecular complexity index is 916. The zero-order valence-corrected chi connectivity index (χ0v) is 14.2. The zero-order valence-electron chi connectivity index (χ0n) is 14.2. The van der Waals surface area contributed by atoms with Crippen LogP contribution in [0.3, 0.4) is 0 Å². The van der Waals surface area contributed by atoms with Gasteiger partial charge in [0.15, 0.2) is 0 Å². The molecule has 0 aliphatic heterocycles. The number of anilines is 1. The van der Waals surface area contributed by atoms with E-state index >= 15 is 0 Å². The van der Waals surface area contributed by atoms with E-state index in [1.54, 1.807) is 6.07 Å². The molecular formula is C19H20N4O2. The second-order valence-corrected chi connectivity index (χ2v) is 5.97. The minimum Gasteiger partial charge on any atom is -0.361 e. The summed E-state index contributed by atoms with van der Waals surface area (Å²) in [6, 6.07) is 12.6. The SMILES string of the molecule is CC(=O)NC(Cc1c[nH]c2ccccc12)C(=O)Nc1cccc(C)n1. The first-order chi connectivity index (χ1) is 12.0. The smallest absolute Gasteiger partial charge is 0.248 e. The topological polar surface area (TPSA) is 86.9 Å². The van der Waals surface area contributed by atoms with Gasteiger partial charge in [0.25, 0.3) is 0 Å². The Morgan fingerprint density at radius 2 is 1.96 bits per heavy atom. The number of aryl methyl sites for hydroxylation is 1. The van der Waals surface area contributed by atoms with Crippen molar-refractivity contribution in [3.63, 3.8) is 0 Å². The molecule has 0 aliphatic carbocycles. The fraction of sp³-hybridized carbons (Fsp3) is 0.211. The van der Waals surface area contributed by atoms with Crippen molar-refractivity contribution < 1.29 is 9.59 Å². The first-order valence-electron chi connectivity index (χ1n) is 8.09.